The number of nitrogens with one attached hydrogen (secondary N) is 1. The molecular formula is C17H23N5O3S. The van der Waals surface area contributed by atoms with Crippen molar-refractivity contribution in [3.63, 3.8) is 0 Å². The highest BCUT2D eigenvalue weighted by atomic mass is 32.2. The zero-order valence-electron chi connectivity index (χ0n) is 14.6. The maximum Gasteiger partial charge on any atom is 0.321 e. The number of rotatable bonds is 4. The number of likely N-dealkylation sites (tertiary alicyclic amines) is 1. The van der Waals surface area contributed by atoms with Crippen molar-refractivity contribution in [2.75, 3.05) is 18.4 Å². The molecule has 9 heteroatoms. The number of sulfonamides is 1. The van der Waals surface area contributed by atoms with Crippen LogP contribution in [0, 0.1) is 12.8 Å². The second-order valence-corrected chi connectivity index (χ2v) is 8.23. The summed E-state index contributed by atoms with van der Waals surface area (Å²) in [5.74, 6) is 0.362. The van der Waals surface area contributed by atoms with Crippen molar-refractivity contribution in [3.8, 4) is 0 Å². The molecule has 0 unspecified atom stereocenters. The van der Waals surface area contributed by atoms with Crippen LogP contribution in [0.25, 0.3) is 0 Å². The van der Waals surface area contributed by atoms with Crippen LogP contribution in [0.5, 0.6) is 0 Å². The monoisotopic (exact) mass is 377 g/mol. The molecule has 1 atom stereocenters. The highest BCUT2D eigenvalue weighted by Crippen LogP contribution is 2.22. The number of hydrogen-bond donors (Lipinski definition) is 2. The zero-order chi connectivity index (χ0) is 18.7. The normalized spacial score (nSPS) is 17.9. The molecule has 0 bridgehead atoms. The number of imidazole rings is 1. The maximum absolute atomic E-state index is 12.6. The molecule has 1 aliphatic rings. The van der Waals surface area contributed by atoms with Crippen LogP contribution in [0.2, 0.25) is 0 Å². The van der Waals surface area contributed by atoms with Crippen molar-refractivity contribution in [1.82, 2.24) is 14.5 Å². The van der Waals surface area contributed by atoms with Crippen molar-refractivity contribution in [2.45, 2.75) is 31.2 Å². The fourth-order valence-electron chi connectivity index (χ4n) is 3.20. The minimum Gasteiger partial charge on any atom is -0.337 e. The minimum atomic E-state index is -3.81. The van der Waals surface area contributed by atoms with Gasteiger partial charge in [0.05, 0.1) is 11.2 Å². The first-order valence-corrected chi connectivity index (χ1v) is 10.0. The van der Waals surface area contributed by atoms with Gasteiger partial charge in [-0.15, -0.1) is 0 Å². The lowest BCUT2D eigenvalue weighted by Crippen LogP contribution is -2.43. The Hall–Kier alpha value is -2.39. The summed E-state index contributed by atoms with van der Waals surface area (Å²) >= 11 is 0. The average molecular weight is 377 g/mol. The van der Waals surface area contributed by atoms with Gasteiger partial charge < -0.3 is 14.8 Å². The number of hydrogen-bond acceptors (Lipinski definition) is 4. The molecule has 0 aliphatic carbocycles. The van der Waals surface area contributed by atoms with Crippen LogP contribution < -0.4 is 10.5 Å². The van der Waals surface area contributed by atoms with Gasteiger partial charge in [-0.05, 0) is 43.4 Å². The lowest BCUT2D eigenvalue weighted by Gasteiger charge is -2.33. The van der Waals surface area contributed by atoms with Gasteiger partial charge in [-0.1, -0.05) is 6.07 Å². The average Bonchev–Trinajstić information content (AvgIpc) is 3.09. The first kappa shape index (κ1) is 18.4. The quantitative estimate of drug-likeness (QED) is 0.846. The van der Waals surface area contributed by atoms with Gasteiger partial charge in [-0.25, -0.2) is 23.3 Å². The van der Waals surface area contributed by atoms with E-state index < -0.39 is 10.0 Å². The highest BCUT2D eigenvalue weighted by Gasteiger charge is 2.24. The summed E-state index contributed by atoms with van der Waals surface area (Å²) in [7, 11) is -3.81. The Morgan fingerprint density at radius 3 is 2.92 bits per heavy atom. The molecule has 2 amide bonds. The van der Waals surface area contributed by atoms with E-state index >= 15 is 0 Å². The van der Waals surface area contributed by atoms with Crippen LogP contribution in [-0.4, -0.2) is 42.0 Å². The fraction of sp³-hybridized carbons (Fsp3) is 0.412. The number of benzene rings is 1. The lowest BCUT2D eigenvalue weighted by molar-refractivity contribution is 0.170. The van der Waals surface area contributed by atoms with E-state index in [1.807, 2.05) is 10.8 Å². The van der Waals surface area contributed by atoms with Crippen LogP contribution in [0.15, 0.2) is 41.8 Å². The minimum absolute atomic E-state index is 0.0185. The molecule has 1 aromatic carbocycles. The molecule has 2 heterocycles. The largest absolute Gasteiger partial charge is 0.337 e. The van der Waals surface area contributed by atoms with Gasteiger partial charge in [0.2, 0.25) is 10.0 Å². The molecule has 0 radical (unpaired) electrons. The van der Waals surface area contributed by atoms with E-state index in [9.17, 15) is 13.2 Å². The molecule has 1 aromatic heterocycles. The van der Waals surface area contributed by atoms with Crippen LogP contribution >= 0.6 is 0 Å². The number of urea groups is 1. The van der Waals surface area contributed by atoms with Gasteiger partial charge in [0.25, 0.3) is 0 Å². The van der Waals surface area contributed by atoms with Crippen molar-refractivity contribution >= 4 is 21.7 Å². The number of nitrogens with two attached hydrogens (primary N) is 1. The first-order valence-electron chi connectivity index (χ1n) is 8.48. The summed E-state index contributed by atoms with van der Waals surface area (Å²) in [6.07, 6.45) is 7.43. The molecule has 140 valence electrons. The van der Waals surface area contributed by atoms with E-state index in [-0.39, 0.29) is 10.9 Å². The molecule has 8 nitrogen and oxygen atoms in total. The molecule has 1 fully saturated rings. The smallest absolute Gasteiger partial charge is 0.321 e. The van der Waals surface area contributed by atoms with Crippen molar-refractivity contribution in [1.29, 1.82) is 0 Å². The number of aryl methyl sites for hydroxylation is 1. The molecule has 0 saturated carbocycles. The predicted octanol–water partition coefficient (Wildman–Crippen LogP) is 1.78. The number of primary sulfonamides is 1. The Morgan fingerprint density at radius 1 is 1.42 bits per heavy atom. The molecule has 2 aromatic rings. The number of amides is 2. The zero-order valence-corrected chi connectivity index (χ0v) is 15.4. The Balaban J connectivity index is 1.67. The summed E-state index contributed by atoms with van der Waals surface area (Å²) < 4.78 is 25.1. The molecule has 3 rings (SSSR count). The van der Waals surface area contributed by atoms with Gasteiger partial charge in [0.1, 0.15) is 0 Å². The van der Waals surface area contributed by atoms with E-state index in [2.05, 4.69) is 10.3 Å². The third kappa shape index (κ3) is 4.41. The summed E-state index contributed by atoms with van der Waals surface area (Å²) in [5, 5.41) is 7.99. The number of aromatic nitrogens is 2. The molecule has 0 spiro atoms. The summed E-state index contributed by atoms with van der Waals surface area (Å²) in [5.41, 5.74) is 1.23. The van der Waals surface area contributed by atoms with Gasteiger partial charge in [0, 0.05) is 37.7 Å². The SMILES string of the molecule is Cc1ccc(S(N)(=O)=O)cc1NC(=O)N1CCC[C@@H](Cn2ccnc2)C1. The molecule has 26 heavy (non-hydrogen) atoms. The molecule has 1 saturated heterocycles. The van der Waals surface area contributed by atoms with Crippen LogP contribution in [0.4, 0.5) is 10.5 Å². The number of nitrogens with zero attached hydrogens (tertiary/aromatic N) is 3. The van der Waals surface area contributed by atoms with E-state index in [0.29, 0.717) is 24.7 Å². The predicted molar refractivity (Wildman–Crippen MR) is 98.1 cm³/mol. The summed E-state index contributed by atoms with van der Waals surface area (Å²) in [6.45, 7) is 3.96. The Morgan fingerprint density at radius 2 is 2.23 bits per heavy atom. The summed E-state index contributed by atoms with van der Waals surface area (Å²) in [4.78, 5) is 18.4. The Kier molecular flexibility index (Phi) is 5.28. The van der Waals surface area contributed by atoms with Gasteiger partial charge in [-0.3, -0.25) is 0 Å². The third-order valence-corrected chi connectivity index (χ3v) is 5.52. The maximum atomic E-state index is 12.6. The second kappa shape index (κ2) is 7.46. The first-order chi connectivity index (χ1) is 12.3. The van der Waals surface area contributed by atoms with Crippen molar-refractivity contribution in [2.24, 2.45) is 11.1 Å². The van der Waals surface area contributed by atoms with Crippen LogP contribution in [0.3, 0.4) is 0 Å². The number of anilines is 1. The summed E-state index contributed by atoms with van der Waals surface area (Å²) in [6, 6.07) is 4.24. The molecular weight excluding hydrogens is 354 g/mol. The Labute approximate surface area is 153 Å². The fourth-order valence-corrected chi connectivity index (χ4v) is 3.74. The van der Waals surface area contributed by atoms with Gasteiger partial charge >= 0.3 is 6.03 Å². The van der Waals surface area contributed by atoms with Crippen LogP contribution in [-0.2, 0) is 16.6 Å². The van der Waals surface area contributed by atoms with Gasteiger partial charge in [-0.2, -0.15) is 0 Å². The van der Waals surface area contributed by atoms with Crippen molar-refractivity contribution < 1.29 is 13.2 Å². The lowest BCUT2D eigenvalue weighted by atomic mass is 9.98. The van der Waals surface area contributed by atoms with E-state index in [4.69, 9.17) is 5.14 Å². The van der Waals surface area contributed by atoms with E-state index in [1.54, 1.807) is 30.4 Å². The highest BCUT2D eigenvalue weighted by molar-refractivity contribution is 7.89. The third-order valence-electron chi connectivity index (χ3n) is 4.61. The second-order valence-electron chi connectivity index (χ2n) is 6.67. The number of piperidine rings is 1. The Bertz CT molecular complexity index is 880. The molecule has 3 N–H and O–H groups in total. The molecule has 1 aliphatic heterocycles. The number of carbonyl (C=O) groups excluding carboxylic acids is 1. The van der Waals surface area contributed by atoms with Gasteiger partial charge in [0.15, 0.2) is 0 Å². The topological polar surface area (TPSA) is 110 Å². The van der Waals surface area contributed by atoms with Crippen LogP contribution in [0.1, 0.15) is 18.4 Å². The van der Waals surface area contributed by atoms with E-state index in [1.165, 1.54) is 12.1 Å². The standard InChI is InChI=1S/C17H23N5O3S/c1-13-4-5-15(26(18,24)25)9-16(13)20-17(23)22-7-2-3-14(11-22)10-21-8-6-19-12-21/h4-6,8-9,12,14H,2-3,7,10-11H2,1H3,(H,20,23)(H2,18,24,25)/t14-/m0/s1. The van der Waals surface area contributed by atoms with E-state index in [0.717, 1.165) is 24.9 Å². The van der Waals surface area contributed by atoms with Crippen molar-refractivity contribution in [3.05, 3.63) is 42.5 Å². The number of carbonyl (C=O) groups is 1.